The zero-order chi connectivity index (χ0) is 35.3. The summed E-state index contributed by atoms with van der Waals surface area (Å²) in [4.78, 5) is 1.87. The van der Waals surface area contributed by atoms with Crippen LogP contribution in [0.5, 0.6) is 0 Å². The van der Waals surface area contributed by atoms with Crippen molar-refractivity contribution >= 4 is 49.8 Å². The van der Waals surface area contributed by atoms with E-state index in [1.165, 1.54) is 0 Å². The number of rotatable bonds is 6. The predicted octanol–water partition coefficient (Wildman–Crippen LogP) is 13.2. The van der Waals surface area contributed by atoms with Gasteiger partial charge in [-0.1, -0.05) is 139 Å². The SMILES string of the molecule is [2H]c1c([2H])c(N(c2ccc(-c3ccccc3)cc2)c2ccccc2-c2ccc3oc4c5ccccc5ccc4c3c2)c([2H])c([2H])c1-c1ccccc1. The van der Waals surface area contributed by atoms with Gasteiger partial charge in [0.05, 0.1) is 11.2 Å². The normalized spacial score (nSPS) is 12.5. The molecule has 0 aliphatic heterocycles. The molecule has 0 unspecified atom stereocenters. The first-order chi connectivity index (χ1) is 25.5. The van der Waals surface area contributed by atoms with Gasteiger partial charge < -0.3 is 9.32 Å². The van der Waals surface area contributed by atoms with Crippen LogP contribution in [0.25, 0.3) is 66.1 Å². The van der Waals surface area contributed by atoms with Crippen molar-refractivity contribution in [3.05, 3.63) is 188 Å². The summed E-state index contributed by atoms with van der Waals surface area (Å²) in [5.74, 6) is 0. The molecule has 226 valence electrons. The minimum atomic E-state index is -0.120. The van der Waals surface area contributed by atoms with Crippen LogP contribution in [-0.2, 0) is 0 Å². The molecule has 0 amide bonds. The van der Waals surface area contributed by atoms with E-state index in [0.717, 1.165) is 60.7 Å². The molecule has 8 aromatic carbocycles. The van der Waals surface area contributed by atoms with Crippen LogP contribution < -0.4 is 4.90 Å². The van der Waals surface area contributed by atoms with E-state index >= 15 is 0 Å². The highest BCUT2D eigenvalue weighted by Gasteiger charge is 2.19. The maximum absolute atomic E-state index is 9.40. The van der Waals surface area contributed by atoms with E-state index in [0.29, 0.717) is 11.3 Å². The Kier molecular flexibility index (Phi) is 5.85. The average Bonchev–Trinajstić information content (AvgIpc) is 3.58. The molecule has 9 rings (SSSR count). The number of hydrogen-bond acceptors (Lipinski definition) is 2. The largest absolute Gasteiger partial charge is 0.455 e. The van der Waals surface area contributed by atoms with E-state index in [4.69, 9.17) is 4.42 Å². The second kappa shape index (κ2) is 11.8. The van der Waals surface area contributed by atoms with Gasteiger partial charge in [0.2, 0.25) is 0 Å². The van der Waals surface area contributed by atoms with Crippen LogP contribution in [0.1, 0.15) is 5.48 Å². The van der Waals surface area contributed by atoms with Crippen molar-refractivity contribution in [1.82, 2.24) is 0 Å². The summed E-state index contributed by atoms with van der Waals surface area (Å²) in [7, 11) is 0. The lowest BCUT2D eigenvalue weighted by Crippen LogP contribution is -2.11. The fraction of sp³-hybridized carbons (Fsp3) is 0. The van der Waals surface area contributed by atoms with E-state index in [9.17, 15) is 5.48 Å². The minimum absolute atomic E-state index is 0.0934. The molecular formula is C46H31NO. The lowest BCUT2D eigenvalue weighted by atomic mass is 9.98. The van der Waals surface area contributed by atoms with Crippen molar-refractivity contribution < 1.29 is 9.90 Å². The van der Waals surface area contributed by atoms with Crippen LogP contribution in [0.3, 0.4) is 0 Å². The molecule has 1 heterocycles. The monoisotopic (exact) mass is 617 g/mol. The summed E-state index contributed by atoms with van der Waals surface area (Å²) in [6.07, 6.45) is 0. The number of benzene rings is 8. The average molecular weight is 618 g/mol. The van der Waals surface area contributed by atoms with Crippen LogP contribution in [0.2, 0.25) is 0 Å². The van der Waals surface area contributed by atoms with Crippen molar-refractivity contribution in [2.24, 2.45) is 0 Å². The fourth-order valence-corrected chi connectivity index (χ4v) is 6.57. The summed E-state index contributed by atoms with van der Waals surface area (Å²) >= 11 is 0. The smallest absolute Gasteiger partial charge is 0.143 e. The van der Waals surface area contributed by atoms with Gasteiger partial charge >= 0.3 is 0 Å². The summed E-state index contributed by atoms with van der Waals surface area (Å²) in [5.41, 5.74) is 8.07. The lowest BCUT2D eigenvalue weighted by molar-refractivity contribution is 0.672. The molecule has 0 saturated heterocycles. The summed E-state index contributed by atoms with van der Waals surface area (Å²) < 4.78 is 43.6. The third-order valence-corrected chi connectivity index (χ3v) is 8.95. The quantitative estimate of drug-likeness (QED) is 0.185. The molecular weight excluding hydrogens is 583 g/mol. The predicted molar refractivity (Wildman–Crippen MR) is 202 cm³/mol. The molecule has 48 heavy (non-hydrogen) atoms. The van der Waals surface area contributed by atoms with Crippen molar-refractivity contribution in [1.29, 1.82) is 0 Å². The van der Waals surface area contributed by atoms with Gasteiger partial charge in [-0.25, -0.2) is 0 Å². The Bertz CT molecular complexity index is 2750. The molecule has 0 aliphatic carbocycles. The highest BCUT2D eigenvalue weighted by Crippen LogP contribution is 2.43. The van der Waals surface area contributed by atoms with Crippen LogP contribution in [0, 0.1) is 0 Å². The molecule has 0 fully saturated rings. The Morgan fingerprint density at radius 3 is 1.81 bits per heavy atom. The lowest BCUT2D eigenvalue weighted by Gasteiger charge is -2.28. The van der Waals surface area contributed by atoms with Crippen molar-refractivity contribution in [3.63, 3.8) is 0 Å². The Balaban J connectivity index is 1.26. The van der Waals surface area contributed by atoms with E-state index in [1.54, 1.807) is 0 Å². The first-order valence-electron chi connectivity index (χ1n) is 18.0. The van der Waals surface area contributed by atoms with Gasteiger partial charge in [-0.2, -0.15) is 0 Å². The van der Waals surface area contributed by atoms with E-state index in [2.05, 4.69) is 42.5 Å². The molecule has 0 spiro atoms. The zero-order valence-corrected chi connectivity index (χ0v) is 25.9. The molecule has 0 atom stereocenters. The van der Waals surface area contributed by atoms with Crippen LogP contribution >= 0.6 is 0 Å². The second-order valence-corrected chi connectivity index (χ2v) is 11.8. The molecule has 0 N–H and O–H groups in total. The highest BCUT2D eigenvalue weighted by molar-refractivity contribution is 6.15. The van der Waals surface area contributed by atoms with E-state index < -0.39 is 0 Å². The number of para-hydroxylation sites is 1. The first-order valence-corrected chi connectivity index (χ1v) is 16.0. The number of hydrogen-bond donors (Lipinski definition) is 0. The summed E-state index contributed by atoms with van der Waals surface area (Å²) in [5, 5.41) is 4.19. The molecule has 2 heteroatoms. The number of fused-ring (bicyclic) bond motifs is 5. The Morgan fingerprint density at radius 2 is 1.04 bits per heavy atom. The maximum atomic E-state index is 9.40. The van der Waals surface area contributed by atoms with Crippen LogP contribution in [0.4, 0.5) is 17.1 Å². The van der Waals surface area contributed by atoms with Crippen molar-refractivity contribution in [2.45, 2.75) is 0 Å². The number of furan rings is 1. The molecule has 0 bridgehead atoms. The maximum Gasteiger partial charge on any atom is 0.143 e. The molecule has 1 aromatic heterocycles. The summed E-state index contributed by atoms with van der Waals surface area (Å²) in [6, 6.07) is 53.5. The van der Waals surface area contributed by atoms with Gasteiger partial charge in [0, 0.05) is 33.1 Å². The zero-order valence-electron chi connectivity index (χ0n) is 29.9. The van der Waals surface area contributed by atoms with Gasteiger partial charge in [-0.3, -0.25) is 0 Å². The molecule has 2 nitrogen and oxygen atoms in total. The summed E-state index contributed by atoms with van der Waals surface area (Å²) in [6.45, 7) is 0. The topological polar surface area (TPSA) is 16.4 Å². The first kappa shape index (κ1) is 23.9. The third kappa shape index (κ3) is 4.92. The second-order valence-electron chi connectivity index (χ2n) is 11.8. The number of anilines is 3. The minimum Gasteiger partial charge on any atom is -0.455 e. The van der Waals surface area contributed by atoms with Gasteiger partial charge in [-0.05, 0) is 81.7 Å². The standard InChI is InChI=1S/C46H31NO/c1-3-11-32(12-4-1)34-19-25-38(26-20-34)47(39-27-21-35(22-28-39)33-13-5-2-6-14-33)44-18-10-9-16-40(44)37-24-30-45-43(31-37)42-29-23-36-15-7-8-17-41(36)46(42)48-45/h1-31H/i19D,20D,25D,26D. The highest BCUT2D eigenvalue weighted by atomic mass is 16.3. The molecule has 0 saturated carbocycles. The van der Waals surface area contributed by atoms with Gasteiger partial charge in [0.25, 0.3) is 0 Å². The van der Waals surface area contributed by atoms with Gasteiger partial charge in [-0.15, -0.1) is 0 Å². The fourth-order valence-electron chi connectivity index (χ4n) is 6.57. The molecule has 0 radical (unpaired) electrons. The molecule has 0 aliphatic rings. The van der Waals surface area contributed by atoms with Crippen LogP contribution in [-0.4, -0.2) is 0 Å². The Labute approximate surface area is 285 Å². The van der Waals surface area contributed by atoms with Crippen molar-refractivity contribution in [2.75, 3.05) is 4.90 Å². The Morgan fingerprint density at radius 1 is 0.417 bits per heavy atom. The van der Waals surface area contributed by atoms with Gasteiger partial charge in [0.1, 0.15) is 11.2 Å². The Hall–Kier alpha value is -6.38. The van der Waals surface area contributed by atoms with Crippen molar-refractivity contribution in [3.8, 4) is 33.4 Å². The van der Waals surface area contributed by atoms with Crippen LogP contribution in [0.15, 0.2) is 192 Å². The van der Waals surface area contributed by atoms with Gasteiger partial charge in [0.15, 0.2) is 0 Å². The number of nitrogens with zero attached hydrogens (tertiary/aromatic N) is 1. The van der Waals surface area contributed by atoms with E-state index in [-0.39, 0.29) is 35.4 Å². The third-order valence-electron chi connectivity index (χ3n) is 8.95. The van der Waals surface area contributed by atoms with E-state index in [1.807, 2.05) is 126 Å². The molecule has 9 aromatic rings.